The third kappa shape index (κ3) is 2.88. The lowest BCUT2D eigenvalue weighted by atomic mass is 9.99. The average Bonchev–Trinajstić information content (AvgIpc) is 2.96. The van der Waals surface area contributed by atoms with Crippen LogP contribution >= 0.6 is 0 Å². The van der Waals surface area contributed by atoms with E-state index < -0.39 is 0 Å². The number of nitrogens with one attached hydrogen (secondary N) is 1. The van der Waals surface area contributed by atoms with Crippen molar-refractivity contribution in [2.45, 2.75) is 6.04 Å². The Hall–Kier alpha value is -2.39. The van der Waals surface area contributed by atoms with Gasteiger partial charge in [-0.25, -0.2) is 0 Å². The zero-order chi connectivity index (χ0) is 14.7. The summed E-state index contributed by atoms with van der Waals surface area (Å²) in [5.41, 5.74) is 4.72. The Morgan fingerprint density at radius 2 is 1.57 bits per heavy atom. The molecule has 0 aliphatic heterocycles. The first kappa shape index (κ1) is 13.6. The van der Waals surface area contributed by atoms with E-state index in [1.807, 2.05) is 37.1 Å². The van der Waals surface area contributed by atoms with Gasteiger partial charge in [-0.3, -0.25) is 4.68 Å². The highest BCUT2D eigenvalue weighted by Crippen LogP contribution is 2.24. The number of hydrogen-bond donors (Lipinski definition) is 1. The van der Waals surface area contributed by atoms with Crippen molar-refractivity contribution in [2.24, 2.45) is 7.05 Å². The summed E-state index contributed by atoms with van der Waals surface area (Å²) < 4.78 is 1.83. The lowest BCUT2D eigenvalue weighted by Gasteiger charge is -2.15. The van der Waals surface area contributed by atoms with E-state index >= 15 is 0 Å². The summed E-state index contributed by atoms with van der Waals surface area (Å²) in [5, 5.41) is 7.82. The van der Waals surface area contributed by atoms with Gasteiger partial charge in [-0.2, -0.15) is 5.10 Å². The Balaban J connectivity index is 1.89. The van der Waals surface area contributed by atoms with Gasteiger partial charge < -0.3 is 5.32 Å². The fourth-order valence-electron chi connectivity index (χ4n) is 2.57. The number of rotatable bonds is 4. The Kier molecular flexibility index (Phi) is 3.84. The van der Waals surface area contributed by atoms with E-state index in [1.54, 1.807) is 0 Å². The molecule has 0 bridgehead atoms. The highest BCUT2D eigenvalue weighted by atomic mass is 15.3. The zero-order valence-electron chi connectivity index (χ0n) is 12.3. The first-order valence-corrected chi connectivity index (χ1v) is 7.10. The second kappa shape index (κ2) is 5.94. The fourth-order valence-corrected chi connectivity index (χ4v) is 2.57. The van der Waals surface area contributed by atoms with Crippen molar-refractivity contribution in [3.8, 4) is 11.1 Å². The van der Waals surface area contributed by atoms with Crippen LogP contribution in [0, 0.1) is 0 Å². The molecular formula is C18H19N3. The van der Waals surface area contributed by atoms with E-state index in [1.165, 1.54) is 16.7 Å². The van der Waals surface area contributed by atoms with Crippen LogP contribution < -0.4 is 5.32 Å². The van der Waals surface area contributed by atoms with E-state index in [-0.39, 0.29) is 6.04 Å². The van der Waals surface area contributed by atoms with Crippen LogP contribution in [0.5, 0.6) is 0 Å². The molecule has 3 heteroatoms. The molecule has 2 aromatic carbocycles. The molecular weight excluding hydrogens is 258 g/mol. The maximum absolute atomic E-state index is 4.49. The average molecular weight is 277 g/mol. The number of aromatic nitrogens is 2. The number of nitrogens with zero attached hydrogens (tertiary/aromatic N) is 2. The fraction of sp³-hybridized carbons (Fsp3) is 0.167. The van der Waals surface area contributed by atoms with Gasteiger partial charge >= 0.3 is 0 Å². The predicted molar refractivity (Wildman–Crippen MR) is 86.0 cm³/mol. The first-order valence-electron chi connectivity index (χ1n) is 7.10. The molecule has 1 aromatic heterocycles. The monoisotopic (exact) mass is 277 g/mol. The minimum atomic E-state index is 0.121. The normalized spacial score (nSPS) is 12.3. The minimum Gasteiger partial charge on any atom is -0.308 e. The Bertz CT molecular complexity index is 699. The van der Waals surface area contributed by atoms with Gasteiger partial charge in [0.1, 0.15) is 0 Å². The molecule has 0 spiro atoms. The molecule has 0 saturated carbocycles. The van der Waals surface area contributed by atoms with Gasteiger partial charge in [-0.15, -0.1) is 0 Å². The van der Waals surface area contributed by atoms with Crippen LogP contribution in [0.3, 0.4) is 0 Å². The lowest BCUT2D eigenvalue weighted by Crippen LogP contribution is -2.18. The summed E-state index contributed by atoms with van der Waals surface area (Å²) in [6.45, 7) is 0. The van der Waals surface area contributed by atoms with Gasteiger partial charge in [-0.1, -0.05) is 54.6 Å². The van der Waals surface area contributed by atoms with Gasteiger partial charge in [-0.05, 0) is 29.8 Å². The van der Waals surface area contributed by atoms with Crippen molar-refractivity contribution in [3.05, 3.63) is 78.1 Å². The van der Waals surface area contributed by atoms with Crippen molar-refractivity contribution in [2.75, 3.05) is 7.05 Å². The lowest BCUT2D eigenvalue weighted by molar-refractivity contribution is 0.642. The molecule has 1 heterocycles. The number of hydrogen-bond acceptors (Lipinski definition) is 2. The maximum atomic E-state index is 4.49. The van der Waals surface area contributed by atoms with Crippen LogP contribution in [0.2, 0.25) is 0 Å². The molecule has 1 atom stereocenters. The number of aryl methyl sites for hydroxylation is 1. The van der Waals surface area contributed by atoms with Gasteiger partial charge in [0, 0.05) is 13.2 Å². The van der Waals surface area contributed by atoms with Crippen molar-refractivity contribution >= 4 is 0 Å². The molecule has 3 aromatic rings. The van der Waals surface area contributed by atoms with Crippen LogP contribution in [-0.4, -0.2) is 16.8 Å². The highest BCUT2D eigenvalue weighted by Gasteiger charge is 2.14. The summed E-state index contributed by atoms with van der Waals surface area (Å²) in [4.78, 5) is 0. The molecule has 0 radical (unpaired) electrons. The minimum absolute atomic E-state index is 0.121. The molecule has 3 nitrogen and oxygen atoms in total. The van der Waals surface area contributed by atoms with Gasteiger partial charge in [0.15, 0.2) is 0 Å². The molecule has 21 heavy (non-hydrogen) atoms. The summed E-state index contributed by atoms with van der Waals surface area (Å²) in [6.07, 6.45) is 1.97. The third-order valence-electron chi connectivity index (χ3n) is 3.67. The van der Waals surface area contributed by atoms with E-state index in [2.05, 4.69) is 58.9 Å². The van der Waals surface area contributed by atoms with Gasteiger partial charge in [0.05, 0.1) is 11.7 Å². The third-order valence-corrected chi connectivity index (χ3v) is 3.67. The molecule has 1 unspecified atom stereocenters. The largest absolute Gasteiger partial charge is 0.308 e. The standard InChI is InChI=1S/C18H19N3/c1-19-18(17-12-13-21(2)20-17)16-10-8-15(9-11-16)14-6-4-3-5-7-14/h3-13,18-19H,1-2H3. The Morgan fingerprint density at radius 1 is 0.905 bits per heavy atom. The Morgan fingerprint density at radius 3 is 2.14 bits per heavy atom. The van der Waals surface area contributed by atoms with Crippen LogP contribution in [0.4, 0.5) is 0 Å². The van der Waals surface area contributed by atoms with Gasteiger partial charge in [0.2, 0.25) is 0 Å². The maximum Gasteiger partial charge on any atom is 0.0839 e. The van der Waals surface area contributed by atoms with Crippen molar-refractivity contribution in [1.29, 1.82) is 0 Å². The Labute approximate surface area is 125 Å². The molecule has 3 rings (SSSR count). The molecule has 0 aliphatic rings. The van der Waals surface area contributed by atoms with E-state index in [4.69, 9.17) is 0 Å². The van der Waals surface area contributed by atoms with Crippen molar-refractivity contribution in [3.63, 3.8) is 0 Å². The van der Waals surface area contributed by atoms with E-state index in [9.17, 15) is 0 Å². The summed E-state index contributed by atoms with van der Waals surface area (Å²) in [7, 11) is 3.90. The molecule has 1 N–H and O–H groups in total. The SMILES string of the molecule is CNC(c1ccc(-c2ccccc2)cc1)c1ccn(C)n1. The molecule has 0 aliphatic carbocycles. The molecule has 106 valence electrons. The summed E-state index contributed by atoms with van der Waals surface area (Å²) in [6, 6.07) is 21.2. The predicted octanol–water partition coefficient (Wildman–Crippen LogP) is 3.40. The number of benzene rings is 2. The highest BCUT2D eigenvalue weighted by molar-refractivity contribution is 5.63. The molecule has 0 saturated heterocycles. The van der Waals surface area contributed by atoms with Crippen LogP contribution in [-0.2, 0) is 7.05 Å². The van der Waals surface area contributed by atoms with Gasteiger partial charge in [0.25, 0.3) is 0 Å². The van der Waals surface area contributed by atoms with Crippen LogP contribution in [0.15, 0.2) is 66.9 Å². The van der Waals surface area contributed by atoms with Crippen molar-refractivity contribution in [1.82, 2.24) is 15.1 Å². The van der Waals surface area contributed by atoms with E-state index in [0.717, 1.165) is 5.69 Å². The van der Waals surface area contributed by atoms with Crippen molar-refractivity contribution < 1.29 is 0 Å². The summed E-state index contributed by atoms with van der Waals surface area (Å²) >= 11 is 0. The topological polar surface area (TPSA) is 29.9 Å². The quantitative estimate of drug-likeness (QED) is 0.792. The second-order valence-electron chi connectivity index (χ2n) is 5.12. The second-order valence-corrected chi connectivity index (χ2v) is 5.12. The molecule has 0 amide bonds. The van der Waals surface area contributed by atoms with Crippen LogP contribution in [0.25, 0.3) is 11.1 Å². The molecule has 0 fully saturated rings. The zero-order valence-corrected chi connectivity index (χ0v) is 12.3. The first-order chi connectivity index (χ1) is 10.3. The summed E-state index contributed by atoms with van der Waals surface area (Å²) in [5.74, 6) is 0. The van der Waals surface area contributed by atoms with Crippen LogP contribution in [0.1, 0.15) is 17.3 Å². The van der Waals surface area contributed by atoms with E-state index in [0.29, 0.717) is 0 Å². The smallest absolute Gasteiger partial charge is 0.0839 e.